The molecule has 0 saturated heterocycles. The number of carbonyl (C=O) groups excluding carboxylic acids is 1. The average Bonchev–Trinajstić information content (AvgIpc) is 2.79. The van der Waals surface area contributed by atoms with Gasteiger partial charge in [-0.3, -0.25) is 0 Å². The van der Waals surface area contributed by atoms with Gasteiger partial charge in [-0.05, 0) is 63.6 Å². The molecule has 0 unspecified atom stereocenters. The molecule has 0 bridgehead atoms. The van der Waals surface area contributed by atoms with E-state index in [2.05, 4.69) is 4.98 Å². The van der Waals surface area contributed by atoms with E-state index in [-0.39, 0.29) is 27.8 Å². The van der Waals surface area contributed by atoms with Crippen molar-refractivity contribution in [3.63, 3.8) is 0 Å². The minimum atomic E-state index is -4.51. The topological polar surface area (TPSA) is 51.7 Å². The van der Waals surface area contributed by atoms with Crippen molar-refractivity contribution >= 4 is 50.9 Å². The molecule has 1 amide bonds. The summed E-state index contributed by atoms with van der Waals surface area (Å²) in [5.41, 5.74) is -0.0865. The average molecular weight is 503 g/mol. The zero-order chi connectivity index (χ0) is 23.5. The number of hydrogen-bond donors (Lipinski definition) is 0. The largest absolute Gasteiger partial charge is 0.495 e. The molecule has 32 heavy (non-hydrogen) atoms. The number of carbonyl (C=O) groups is 1. The van der Waals surface area contributed by atoms with Crippen LogP contribution in [-0.4, -0.2) is 25.3 Å². The van der Waals surface area contributed by atoms with Crippen molar-refractivity contribution in [3.8, 4) is 16.9 Å². The van der Waals surface area contributed by atoms with Crippen LogP contribution in [0.25, 0.3) is 11.1 Å². The molecule has 0 saturated carbocycles. The first-order valence-electron chi connectivity index (χ1n) is 8.87. The van der Waals surface area contributed by atoms with Crippen LogP contribution in [-0.2, 0) is 10.9 Å². The summed E-state index contributed by atoms with van der Waals surface area (Å²) in [6, 6.07) is 10.8. The number of benzene rings is 2. The molecule has 3 aromatic rings. The number of nitrogens with zero attached hydrogens (tertiary/aromatic N) is 2. The van der Waals surface area contributed by atoms with Crippen LogP contribution in [0.3, 0.4) is 0 Å². The number of anilines is 2. The summed E-state index contributed by atoms with van der Waals surface area (Å²) < 4.78 is 49.7. The second-order valence-electron chi connectivity index (χ2n) is 6.32. The van der Waals surface area contributed by atoms with E-state index >= 15 is 0 Å². The van der Waals surface area contributed by atoms with Crippen LogP contribution in [0.4, 0.5) is 29.5 Å². The third-order valence-corrected chi connectivity index (χ3v) is 5.67. The number of hydrogen-bond acceptors (Lipinski definition) is 5. The van der Waals surface area contributed by atoms with Gasteiger partial charge in [0.1, 0.15) is 11.6 Å². The number of rotatable bonds is 5. The summed E-state index contributed by atoms with van der Waals surface area (Å²) in [5.74, 6) is 0.373. The first-order chi connectivity index (χ1) is 15.2. The lowest BCUT2D eigenvalue weighted by atomic mass is 10.0. The van der Waals surface area contributed by atoms with Crippen molar-refractivity contribution in [1.82, 2.24) is 4.98 Å². The third kappa shape index (κ3) is 5.06. The smallest absolute Gasteiger partial charge is 0.420 e. The van der Waals surface area contributed by atoms with Gasteiger partial charge in [0.25, 0.3) is 0 Å². The number of methoxy groups -OCH3 is 2. The van der Waals surface area contributed by atoms with Crippen molar-refractivity contribution in [2.45, 2.75) is 11.1 Å². The molecule has 5 nitrogen and oxygen atoms in total. The van der Waals surface area contributed by atoms with Gasteiger partial charge in [-0.1, -0.05) is 23.7 Å². The van der Waals surface area contributed by atoms with Crippen molar-refractivity contribution in [2.75, 3.05) is 19.1 Å². The normalized spacial score (nSPS) is 11.2. The van der Waals surface area contributed by atoms with Gasteiger partial charge in [0.2, 0.25) is 0 Å². The molecule has 1 heterocycles. The maximum absolute atomic E-state index is 13.1. The molecule has 11 heteroatoms. The fourth-order valence-electron chi connectivity index (χ4n) is 2.92. The number of pyridine rings is 1. The summed E-state index contributed by atoms with van der Waals surface area (Å²) in [4.78, 5) is 18.6. The van der Waals surface area contributed by atoms with E-state index in [0.29, 0.717) is 10.5 Å². The maximum Gasteiger partial charge on any atom is 0.420 e. The standard InChI is InChI=1S/C21H15Cl2F3N2O3S/c1-30-18-9-15(12-4-3-5-13(8-12)21(24,25)26)16(22)10-17(18)28(20(29)31-2)19-7-6-14(32-23)11-27-19/h3-11H,1-2H3. The van der Waals surface area contributed by atoms with Crippen LogP contribution in [0.15, 0.2) is 59.6 Å². The van der Waals surface area contributed by atoms with E-state index in [0.717, 1.165) is 28.0 Å². The molecule has 0 N–H and O–H groups in total. The Kier molecular flexibility index (Phi) is 7.43. The molecule has 0 aliphatic rings. The number of ether oxygens (including phenoxy) is 2. The van der Waals surface area contributed by atoms with Crippen LogP contribution in [0, 0.1) is 0 Å². The molecule has 2 aromatic carbocycles. The predicted octanol–water partition coefficient (Wildman–Crippen LogP) is 7.58. The van der Waals surface area contributed by atoms with Crippen LogP contribution < -0.4 is 9.64 Å². The SMILES string of the molecule is COC(=O)N(c1ccc(SCl)cn1)c1cc(Cl)c(-c2cccc(C(F)(F)F)c2)cc1OC. The summed E-state index contributed by atoms with van der Waals surface area (Å²) in [6.07, 6.45) is -3.81. The third-order valence-electron chi connectivity index (χ3n) is 4.41. The first-order valence-corrected chi connectivity index (χ1v) is 10.9. The van der Waals surface area contributed by atoms with Gasteiger partial charge in [0.05, 0.1) is 30.5 Å². The van der Waals surface area contributed by atoms with Gasteiger partial charge in [0.15, 0.2) is 0 Å². The van der Waals surface area contributed by atoms with Gasteiger partial charge in [-0.15, -0.1) is 0 Å². The zero-order valence-corrected chi connectivity index (χ0v) is 18.9. The molecule has 1 aromatic heterocycles. The number of aromatic nitrogens is 1. The minimum absolute atomic E-state index is 0.0990. The molecule has 3 rings (SSSR count). The van der Waals surface area contributed by atoms with E-state index in [9.17, 15) is 18.0 Å². The summed E-state index contributed by atoms with van der Waals surface area (Å²) in [7, 11) is 9.23. The highest BCUT2D eigenvalue weighted by Gasteiger charge is 2.31. The highest BCUT2D eigenvalue weighted by atomic mass is 35.7. The molecular formula is C21H15Cl2F3N2O3S. The van der Waals surface area contributed by atoms with Gasteiger partial charge in [-0.25, -0.2) is 14.7 Å². The second kappa shape index (κ2) is 9.89. The monoisotopic (exact) mass is 502 g/mol. The highest BCUT2D eigenvalue weighted by Crippen LogP contribution is 2.42. The van der Waals surface area contributed by atoms with Gasteiger partial charge in [-0.2, -0.15) is 13.2 Å². The number of alkyl halides is 3. The van der Waals surface area contributed by atoms with Crippen molar-refractivity contribution in [1.29, 1.82) is 0 Å². The minimum Gasteiger partial charge on any atom is -0.495 e. The Hall–Kier alpha value is -2.62. The molecule has 168 valence electrons. The quantitative estimate of drug-likeness (QED) is 0.359. The fourth-order valence-corrected chi connectivity index (χ4v) is 3.68. The van der Waals surface area contributed by atoms with E-state index in [1.807, 2.05) is 0 Å². The molecule has 0 aliphatic carbocycles. The van der Waals surface area contributed by atoms with Crippen molar-refractivity contribution in [3.05, 3.63) is 65.3 Å². The summed E-state index contributed by atoms with van der Waals surface area (Å²) >= 11 is 6.43. The molecule has 0 fully saturated rings. The Bertz CT molecular complexity index is 1130. The zero-order valence-electron chi connectivity index (χ0n) is 16.6. The molecular weight excluding hydrogens is 488 g/mol. The van der Waals surface area contributed by atoms with Gasteiger partial charge < -0.3 is 9.47 Å². The van der Waals surface area contributed by atoms with Crippen LogP contribution in [0.5, 0.6) is 5.75 Å². The lowest BCUT2D eigenvalue weighted by molar-refractivity contribution is -0.137. The van der Waals surface area contributed by atoms with E-state index < -0.39 is 17.8 Å². The Morgan fingerprint density at radius 1 is 1.12 bits per heavy atom. The summed E-state index contributed by atoms with van der Waals surface area (Å²) in [6.45, 7) is 0. The lowest BCUT2D eigenvalue weighted by Crippen LogP contribution is -2.27. The first kappa shape index (κ1) is 24.0. The van der Waals surface area contributed by atoms with E-state index in [4.69, 9.17) is 31.8 Å². The summed E-state index contributed by atoms with van der Waals surface area (Å²) in [5, 5.41) is 0.0990. The van der Waals surface area contributed by atoms with Crippen LogP contribution in [0.1, 0.15) is 5.56 Å². The Morgan fingerprint density at radius 3 is 2.44 bits per heavy atom. The second-order valence-corrected chi connectivity index (χ2v) is 7.81. The Balaban J connectivity index is 2.14. The number of amides is 1. The molecule has 0 atom stereocenters. The van der Waals surface area contributed by atoms with E-state index in [1.54, 1.807) is 12.1 Å². The predicted molar refractivity (Wildman–Crippen MR) is 119 cm³/mol. The Morgan fingerprint density at radius 2 is 1.88 bits per heavy atom. The maximum atomic E-state index is 13.1. The van der Waals surface area contributed by atoms with Crippen molar-refractivity contribution < 1.29 is 27.4 Å². The van der Waals surface area contributed by atoms with Crippen LogP contribution in [0.2, 0.25) is 5.02 Å². The van der Waals surface area contributed by atoms with Gasteiger partial charge in [0, 0.05) is 16.7 Å². The van der Waals surface area contributed by atoms with Crippen molar-refractivity contribution in [2.24, 2.45) is 0 Å². The Labute approximate surface area is 195 Å². The highest BCUT2D eigenvalue weighted by molar-refractivity contribution is 8.21. The molecule has 0 radical (unpaired) electrons. The molecule has 0 aliphatic heterocycles. The van der Waals surface area contributed by atoms with Gasteiger partial charge >= 0.3 is 12.3 Å². The number of halogens is 5. The molecule has 0 spiro atoms. The lowest BCUT2D eigenvalue weighted by Gasteiger charge is -2.23. The van der Waals surface area contributed by atoms with E-state index in [1.165, 1.54) is 44.7 Å². The fraction of sp³-hybridized carbons (Fsp3) is 0.143. The van der Waals surface area contributed by atoms with Crippen LogP contribution >= 0.6 is 33.3 Å².